The first-order valence-electron chi connectivity index (χ1n) is 10.2. The smallest absolute Gasteiger partial charge is 0.191 e. The van der Waals surface area contributed by atoms with Crippen LogP contribution in [0, 0.1) is 45.3 Å². The maximum absolute atomic E-state index is 10.2. The monoisotopic (exact) mass is 406 g/mol. The van der Waals surface area contributed by atoms with Gasteiger partial charge in [0.05, 0.1) is 30.5 Å². The largest absolute Gasteiger partial charge is 0.497 e. The van der Waals surface area contributed by atoms with Crippen molar-refractivity contribution in [1.29, 1.82) is 15.8 Å². The Labute approximate surface area is 182 Å². The number of nitrogens with two attached hydrogens (primary N) is 1. The molecule has 4 rings (SSSR count). The van der Waals surface area contributed by atoms with Crippen LogP contribution in [-0.4, -0.2) is 7.11 Å². The normalized spacial score (nSPS) is 24.1. The van der Waals surface area contributed by atoms with Gasteiger partial charge in [-0.15, -0.1) is 0 Å². The number of hydrogen-bond acceptors (Lipinski definition) is 5. The number of nitriles is 3. The van der Waals surface area contributed by atoms with E-state index in [4.69, 9.17) is 10.5 Å². The topological polar surface area (TPSA) is 107 Å². The molecule has 5 nitrogen and oxygen atoms in total. The summed E-state index contributed by atoms with van der Waals surface area (Å²) in [7, 11) is 1.59. The number of nitrogens with zero attached hydrogens (tertiary/aromatic N) is 3. The van der Waals surface area contributed by atoms with Crippen molar-refractivity contribution in [2.24, 2.45) is 17.1 Å². The molecule has 0 saturated carbocycles. The van der Waals surface area contributed by atoms with Gasteiger partial charge in [-0.25, -0.2) is 0 Å². The van der Waals surface area contributed by atoms with Crippen LogP contribution in [-0.2, 0) is 0 Å². The fourth-order valence-electron chi connectivity index (χ4n) is 5.08. The lowest BCUT2D eigenvalue weighted by Crippen LogP contribution is -2.43. The van der Waals surface area contributed by atoms with Crippen molar-refractivity contribution in [3.63, 3.8) is 0 Å². The minimum Gasteiger partial charge on any atom is -0.497 e. The van der Waals surface area contributed by atoms with Crippen LogP contribution < -0.4 is 10.5 Å². The predicted molar refractivity (Wildman–Crippen MR) is 116 cm³/mol. The Morgan fingerprint density at radius 3 is 2.23 bits per heavy atom. The Morgan fingerprint density at radius 1 is 0.968 bits per heavy atom. The number of ether oxygens (including phenoxy) is 1. The summed E-state index contributed by atoms with van der Waals surface area (Å²) in [5, 5.41) is 30.2. The maximum atomic E-state index is 10.2. The van der Waals surface area contributed by atoms with Gasteiger partial charge < -0.3 is 10.5 Å². The second-order valence-corrected chi connectivity index (χ2v) is 8.03. The van der Waals surface area contributed by atoms with Gasteiger partial charge in [0.15, 0.2) is 5.41 Å². The number of rotatable bonds is 3. The highest BCUT2D eigenvalue weighted by atomic mass is 16.5. The van der Waals surface area contributed by atoms with E-state index in [1.54, 1.807) is 7.11 Å². The molecule has 2 aromatic carbocycles. The number of allylic oxidation sites excluding steroid dienone is 4. The summed E-state index contributed by atoms with van der Waals surface area (Å²) in [5.74, 6) is 0.281. The average Bonchev–Trinajstić information content (AvgIpc) is 2.84. The van der Waals surface area contributed by atoms with E-state index in [-0.39, 0.29) is 23.1 Å². The van der Waals surface area contributed by atoms with E-state index in [1.807, 2.05) is 42.5 Å². The Bertz CT molecular complexity index is 1160. The van der Waals surface area contributed by atoms with Crippen LogP contribution >= 0.6 is 0 Å². The molecule has 0 saturated heterocycles. The fourth-order valence-corrected chi connectivity index (χ4v) is 5.08. The highest BCUT2D eigenvalue weighted by molar-refractivity contribution is 5.59. The van der Waals surface area contributed by atoms with E-state index < -0.39 is 11.3 Å². The highest BCUT2D eigenvalue weighted by Gasteiger charge is 2.54. The number of hydrogen-bond donors (Lipinski definition) is 1. The summed E-state index contributed by atoms with van der Waals surface area (Å²) in [6.07, 6.45) is 3.60. The van der Waals surface area contributed by atoms with Crippen molar-refractivity contribution in [1.82, 2.24) is 0 Å². The Hall–Kier alpha value is -4.01. The summed E-state index contributed by atoms with van der Waals surface area (Å²) < 4.78 is 5.28. The zero-order chi connectivity index (χ0) is 22.0. The fraction of sp³-hybridized carbons (Fsp3) is 0.269. The van der Waals surface area contributed by atoms with Gasteiger partial charge in [-0.3, -0.25) is 0 Å². The van der Waals surface area contributed by atoms with Crippen molar-refractivity contribution < 1.29 is 4.74 Å². The standard InChI is InChI=1S/C26H22N4O/c1-31-20-10-7-18(8-11-20)24-22-13-19(17-5-3-2-4-6-17)9-12-21(22)23(14-27)25(30)26(24,15-28)16-29/h2-8,10-12,19,22,24H,9,13,30H2,1H3. The van der Waals surface area contributed by atoms with Crippen LogP contribution in [0.3, 0.4) is 0 Å². The molecule has 3 atom stereocenters. The van der Waals surface area contributed by atoms with Gasteiger partial charge in [0.25, 0.3) is 0 Å². The molecular weight excluding hydrogens is 384 g/mol. The lowest BCUT2D eigenvalue weighted by atomic mass is 9.55. The molecule has 0 radical (unpaired) electrons. The Kier molecular flexibility index (Phi) is 5.24. The van der Waals surface area contributed by atoms with Gasteiger partial charge in [-0.05, 0) is 53.5 Å². The van der Waals surface area contributed by atoms with E-state index in [0.717, 1.165) is 24.0 Å². The van der Waals surface area contributed by atoms with Crippen LogP contribution in [0.1, 0.15) is 35.8 Å². The van der Waals surface area contributed by atoms with Crippen molar-refractivity contribution in [2.75, 3.05) is 7.11 Å². The summed E-state index contributed by atoms with van der Waals surface area (Å²) >= 11 is 0. The van der Waals surface area contributed by atoms with Crippen LogP contribution in [0.25, 0.3) is 0 Å². The SMILES string of the molecule is COc1ccc(C2C3CC(c4ccccc4)CC=C3C(C#N)=C(N)C2(C#N)C#N)cc1. The lowest BCUT2D eigenvalue weighted by Gasteiger charge is -2.45. The lowest BCUT2D eigenvalue weighted by molar-refractivity contribution is 0.302. The third-order valence-electron chi connectivity index (χ3n) is 6.62. The van der Waals surface area contributed by atoms with Crippen LogP contribution in [0.15, 0.2) is 77.5 Å². The summed E-state index contributed by atoms with van der Waals surface area (Å²) in [4.78, 5) is 0. The van der Waals surface area contributed by atoms with Crippen molar-refractivity contribution >= 4 is 0 Å². The predicted octanol–water partition coefficient (Wildman–Crippen LogP) is 4.68. The second kappa shape index (κ2) is 8.02. The third-order valence-corrected chi connectivity index (χ3v) is 6.62. The third kappa shape index (κ3) is 3.14. The number of fused-ring (bicyclic) bond motifs is 1. The minimum atomic E-state index is -1.61. The molecule has 2 aromatic rings. The van der Waals surface area contributed by atoms with Gasteiger partial charge in [0.2, 0.25) is 0 Å². The molecule has 0 bridgehead atoms. The molecule has 0 fully saturated rings. The molecule has 2 aliphatic rings. The van der Waals surface area contributed by atoms with E-state index >= 15 is 0 Å². The molecule has 0 aliphatic heterocycles. The quantitative estimate of drug-likeness (QED) is 0.796. The molecule has 2 N–H and O–H groups in total. The number of methoxy groups -OCH3 is 1. The molecule has 2 aliphatic carbocycles. The average molecular weight is 406 g/mol. The van der Waals surface area contributed by atoms with Gasteiger partial charge in [0.1, 0.15) is 11.8 Å². The van der Waals surface area contributed by atoms with E-state index in [1.165, 1.54) is 5.56 Å². The van der Waals surface area contributed by atoms with Crippen molar-refractivity contribution in [3.05, 3.63) is 88.6 Å². The Balaban J connectivity index is 1.91. The van der Waals surface area contributed by atoms with E-state index in [2.05, 4.69) is 36.4 Å². The first-order chi connectivity index (χ1) is 15.1. The molecule has 31 heavy (non-hydrogen) atoms. The first-order valence-corrected chi connectivity index (χ1v) is 10.2. The van der Waals surface area contributed by atoms with Crippen LogP contribution in [0.2, 0.25) is 0 Å². The van der Waals surface area contributed by atoms with Crippen LogP contribution in [0.5, 0.6) is 5.75 Å². The maximum Gasteiger partial charge on any atom is 0.191 e. The highest BCUT2D eigenvalue weighted by Crippen LogP contribution is 2.57. The molecule has 0 amide bonds. The minimum absolute atomic E-state index is 0.0569. The van der Waals surface area contributed by atoms with Gasteiger partial charge in [-0.2, -0.15) is 15.8 Å². The number of benzene rings is 2. The van der Waals surface area contributed by atoms with E-state index in [0.29, 0.717) is 5.75 Å². The summed E-state index contributed by atoms with van der Waals surface area (Å²) in [5.41, 5.74) is 8.01. The molecule has 152 valence electrons. The van der Waals surface area contributed by atoms with Crippen LogP contribution in [0.4, 0.5) is 0 Å². The molecule has 0 heterocycles. The van der Waals surface area contributed by atoms with Gasteiger partial charge >= 0.3 is 0 Å². The summed E-state index contributed by atoms with van der Waals surface area (Å²) in [6.45, 7) is 0. The zero-order valence-electron chi connectivity index (χ0n) is 17.2. The van der Waals surface area contributed by atoms with Gasteiger partial charge in [0, 0.05) is 5.92 Å². The first kappa shape index (κ1) is 20.3. The molecular formula is C26H22N4O. The zero-order valence-corrected chi connectivity index (χ0v) is 17.2. The molecule has 0 spiro atoms. The van der Waals surface area contributed by atoms with Gasteiger partial charge in [-0.1, -0.05) is 48.5 Å². The second-order valence-electron chi connectivity index (χ2n) is 8.03. The Morgan fingerprint density at radius 2 is 1.65 bits per heavy atom. The van der Waals surface area contributed by atoms with Crippen molar-refractivity contribution in [2.45, 2.75) is 24.7 Å². The molecule has 0 aromatic heterocycles. The van der Waals surface area contributed by atoms with Crippen molar-refractivity contribution in [3.8, 4) is 24.0 Å². The van der Waals surface area contributed by atoms with E-state index in [9.17, 15) is 15.8 Å². The molecule has 5 heteroatoms. The molecule has 3 unspecified atom stereocenters. The summed E-state index contributed by atoms with van der Waals surface area (Å²) in [6, 6.07) is 24.2.